The summed E-state index contributed by atoms with van der Waals surface area (Å²) in [6, 6.07) is 10.9. The zero-order valence-corrected chi connectivity index (χ0v) is 11.1. The molecule has 1 aromatic carbocycles. The second kappa shape index (κ2) is 6.27. The van der Waals surface area contributed by atoms with Crippen molar-refractivity contribution in [2.24, 2.45) is 5.92 Å². The first kappa shape index (κ1) is 13.5. The summed E-state index contributed by atoms with van der Waals surface area (Å²) in [6.07, 6.45) is 0. The van der Waals surface area contributed by atoms with Crippen LogP contribution < -0.4 is 10.2 Å². The lowest BCUT2D eigenvalue weighted by molar-refractivity contribution is 0.644. The molecule has 0 heterocycles. The molecule has 0 fully saturated rings. The molecule has 92 valence electrons. The summed E-state index contributed by atoms with van der Waals surface area (Å²) in [7, 11) is 3.99. The zero-order chi connectivity index (χ0) is 12.8. The molecule has 2 atom stereocenters. The molecule has 17 heavy (non-hydrogen) atoms. The number of benzene rings is 1. The lowest BCUT2D eigenvalue weighted by atomic mass is 10.0. The van der Waals surface area contributed by atoms with Gasteiger partial charge in [-0.1, -0.05) is 18.2 Å². The van der Waals surface area contributed by atoms with Crippen LogP contribution in [0.1, 0.15) is 25.5 Å². The Morgan fingerprint density at radius 2 is 2.00 bits per heavy atom. The van der Waals surface area contributed by atoms with E-state index in [2.05, 4.69) is 35.3 Å². The highest BCUT2D eigenvalue weighted by Gasteiger charge is 2.13. The molecule has 2 unspecified atom stereocenters. The summed E-state index contributed by atoms with van der Waals surface area (Å²) in [5, 5.41) is 12.1. The van der Waals surface area contributed by atoms with Crippen LogP contribution in [0.5, 0.6) is 0 Å². The van der Waals surface area contributed by atoms with Gasteiger partial charge in [-0.15, -0.1) is 0 Å². The molecule has 0 radical (unpaired) electrons. The lowest BCUT2D eigenvalue weighted by Crippen LogP contribution is -2.26. The highest BCUT2D eigenvalue weighted by Crippen LogP contribution is 2.25. The third kappa shape index (κ3) is 3.47. The van der Waals surface area contributed by atoms with Crippen LogP contribution >= 0.6 is 0 Å². The van der Waals surface area contributed by atoms with Crippen LogP contribution in [0.25, 0.3) is 0 Å². The predicted octanol–water partition coefficient (Wildman–Crippen LogP) is 2.56. The molecule has 0 saturated heterocycles. The van der Waals surface area contributed by atoms with E-state index < -0.39 is 0 Å². The van der Waals surface area contributed by atoms with E-state index in [1.54, 1.807) is 0 Å². The highest BCUT2D eigenvalue weighted by molar-refractivity contribution is 5.54. The van der Waals surface area contributed by atoms with E-state index in [1.165, 1.54) is 11.3 Å². The number of anilines is 1. The Morgan fingerprint density at radius 3 is 2.59 bits per heavy atom. The zero-order valence-electron chi connectivity index (χ0n) is 11.1. The molecule has 1 N–H and O–H groups in total. The molecule has 3 nitrogen and oxygen atoms in total. The molecule has 1 aromatic rings. The van der Waals surface area contributed by atoms with E-state index >= 15 is 0 Å². The summed E-state index contributed by atoms with van der Waals surface area (Å²) >= 11 is 0. The van der Waals surface area contributed by atoms with Crippen molar-refractivity contribution in [3.63, 3.8) is 0 Å². The third-order valence-corrected chi connectivity index (χ3v) is 3.02. The van der Waals surface area contributed by atoms with Crippen molar-refractivity contribution >= 4 is 5.69 Å². The Hall–Kier alpha value is -1.53. The maximum absolute atomic E-state index is 8.87. The van der Waals surface area contributed by atoms with Gasteiger partial charge < -0.3 is 10.2 Å². The quantitative estimate of drug-likeness (QED) is 0.846. The molecule has 1 rings (SSSR count). The minimum Gasteiger partial charge on any atom is -0.373 e. The largest absolute Gasteiger partial charge is 0.373 e. The number of nitrogens with one attached hydrogen (secondary N) is 1. The van der Waals surface area contributed by atoms with Crippen LogP contribution in [0.2, 0.25) is 0 Å². The number of nitrogens with zero attached hydrogens (tertiary/aromatic N) is 2. The molecule has 0 aliphatic heterocycles. The van der Waals surface area contributed by atoms with Crippen molar-refractivity contribution in [2.45, 2.75) is 19.9 Å². The van der Waals surface area contributed by atoms with Crippen LogP contribution in [0.4, 0.5) is 5.69 Å². The lowest BCUT2D eigenvalue weighted by Gasteiger charge is -2.25. The fourth-order valence-electron chi connectivity index (χ4n) is 1.91. The Balaban J connectivity index is 2.93. The molecule has 0 spiro atoms. The maximum atomic E-state index is 8.87. The van der Waals surface area contributed by atoms with Crippen LogP contribution in [-0.4, -0.2) is 20.6 Å². The highest BCUT2D eigenvalue weighted by atomic mass is 15.1. The molecule has 0 aliphatic rings. The molecule has 0 aliphatic carbocycles. The first-order valence-corrected chi connectivity index (χ1v) is 5.97. The van der Waals surface area contributed by atoms with Gasteiger partial charge in [0.2, 0.25) is 0 Å². The summed E-state index contributed by atoms with van der Waals surface area (Å²) in [6.45, 7) is 4.84. The average molecular weight is 231 g/mol. The van der Waals surface area contributed by atoms with Gasteiger partial charge in [-0.2, -0.15) is 5.26 Å². The van der Waals surface area contributed by atoms with Crippen LogP contribution in [0, 0.1) is 17.2 Å². The Bertz CT molecular complexity index is 395. The van der Waals surface area contributed by atoms with Gasteiger partial charge in [0.05, 0.1) is 12.0 Å². The van der Waals surface area contributed by atoms with Crippen molar-refractivity contribution in [3.05, 3.63) is 29.8 Å². The summed E-state index contributed by atoms with van der Waals surface area (Å²) in [5.74, 6) is 0.0398. The topological polar surface area (TPSA) is 39.1 Å². The Labute approximate surface area is 104 Å². The van der Waals surface area contributed by atoms with Crippen molar-refractivity contribution in [2.75, 3.05) is 25.5 Å². The first-order valence-electron chi connectivity index (χ1n) is 5.97. The van der Waals surface area contributed by atoms with Crippen LogP contribution in [0.15, 0.2) is 24.3 Å². The second-order valence-corrected chi connectivity index (χ2v) is 4.48. The molecule has 3 heteroatoms. The monoisotopic (exact) mass is 231 g/mol. The number of hydrogen-bond donors (Lipinski definition) is 1. The SMILES string of the molecule is CNC(C)c1ccccc1N(C)CC(C)C#N. The van der Waals surface area contributed by atoms with E-state index in [1.807, 2.05) is 33.2 Å². The molecular weight excluding hydrogens is 210 g/mol. The minimum atomic E-state index is 0.0398. The maximum Gasteiger partial charge on any atom is 0.0671 e. The summed E-state index contributed by atoms with van der Waals surface area (Å²) in [4.78, 5) is 2.15. The van der Waals surface area contributed by atoms with Gasteiger partial charge in [0.1, 0.15) is 0 Å². The van der Waals surface area contributed by atoms with Crippen molar-refractivity contribution < 1.29 is 0 Å². The van der Waals surface area contributed by atoms with Gasteiger partial charge in [-0.05, 0) is 32.5 Å². The minimum absolute atomic E-state index is 0.0398. The normalized spacial score (nSPS) is 13.8. The third-order valence-electron chi connectivity index (χ3n) is 3.02. The van der Waals surface area contributed by atoms with Gasteiger partial charge in [0.25, 0.3) is 0 Å². The average Bonchev–Trinajstić information content (AvgIpc) is 2.37. The van der Waals surface area contributed by atoms with Gasteiger partial charge in [-0.3, -0.25) is 0 Å². The summed E-state index contributed by atoms with van der Waals surface area (Å²) in [5.41, 5.74) is 2.46. The first-order chi connectivity index (χ1) is 8.10. The van der Waals surface area contributed by atoms with E-state index in [0.717, 1.165) is 6.54 Å². The summed E-state index contributed by atoms with van der Waals surface area (Å²) < 4.78 is 0. The number of para-hydroxylation sites is 1. The molecule has 0 aromatic heterocycles. The molecule has 0 amide bonds. The van der Waals surface area contributed by atoms with Crippen molar-refractivity contribution in [3.8, 4) is 6.07 Å². The predicted molar refractivity (Wildman–Crippen MR) is 72.0 cm³/mol. The van der Waals surface area contributed by atoms with E-state index in [9.17, 15) is 0 Å². The fourth-order valence-corrected chi connectivity index (χ4v) is 1.91. The molecule has 0 bridgehead atoms. The van der Waals surface area contributed by atoms with E-state index in [-0.39, 0.29) is 5.92 Å². The number of nitriles is 1. The van der Waals surface area contributed by atoms with Gasteiger partial charge >= 0.3 is 0 Å². The number of hydrogen-bond acceptors (Lipinski definition) is 3. The van der Waals surface area contributed by atoms with Gasteiger partial charge in [0, 0.05) is 25.3 Å². The van der Waals surface area contributed by atoms with Gasteiger partial charge in [-0.25, -0.2) is 0 Å². The Kier molecular flexibility index (Phi) is 4.99. The fraction of sp³-hybridized carbons (Fsp3) is 0.500. The van der Waals surface area contributed by atoms with Crippen molar-refractivity contribution in [1.29, 1.82) is 5.26 Å². The number of rotatable bonds is 5. The van der Waals surface area contributed by atoms with Crippen LogP contribution in [-0.2, 0) is 0 Å². The second-order valence-electron chi connectivity index (χ2n) is 4.48. The van der Waals surface area contributed by atoms with Gasteiger partial charge in [0.15, 0.2) is 0 Å². The Morgan fingerprint density at radius 1 is 1.35 bits per heavy atom. The molecule has 0 saturated carbocycles. The van der Waals surface area contributed by atoms with E-state index in [4.69, 9.17) is 5.26 Å². The van der Waals surface area contributed by atoms with E-state index in [0.29, 0.717) is 6.04 Å². The van der Waals surface area contributed by atoms with Crippen molar-refractivity contribution in [1.82, 2.24) is 5.32 Å². The van der Waals surface area contributed by atoms with Crippen LogP contribution in [0.3, 0.4) is 0 Å². The standard InChI is InChI=1S/C14H21N3/c1-11(9-15)10-17(4)14-8-6-5-7-13(14)12(2)16-3/h5-8,11-12,16H,10H2,1-4H3. The smallest absolute Gasteiger partial charge is 0.0671 e. The molecular formula is C14H21N3.